The molecule has 0 radical (unpaired) electrons. The van der Waals surface area contributed by atoms with Crippen LogP contribution in [0.5, 0.6) is 0 Å². The van der Waals surface area contributed by atoms with Crippen LogP contribution in [0.15, 0.2) is 11.6 Å². The van der Waals surface area contributed by atoms with E-state index in [-0.39, 0.29) is 0 Å². The van der Waals surface area contributed by atoms with E-state index in [1.807, 2.05) is 0 Å². The Morgan fingerprint density at radius 2 is 2.25 bits per heavy atom. The Hall–Kier alpha value is -0.300. The lowest BCUT2D eigenvalue weighted by Crippen LogP contribution is -2.18. The number of rotatable bonds is 3. The highest BCUT2D eigenvalue weighted by atomic mass is 16.5. The van der Waals surface area contributed by atoms with Gasteiger partial charge in [-0.15, -0.1) is 0 Å². The van der Waals surface area contributed by atoms with Crippen molar-refractivity contribution in [3.63, 3.8) is 0 Å². The first kappa shape index (κ1) is 9.79. The minimum absolute atomic E-state index is 0.391. The molecule has 0 bridgehead atoms. The van der Waals surface area contributed by atoms with Crippen molar-refractivity contribution in [1.29, 1.82) is 0 Å². The van der Waals surface area contributed by atoms with Crippen LogP contribution < -0.4 is 0 Å². The number of hydrogen-bond donors (Lipinski definition) is 0. The molecule has 0 heterocycles. The van der Waals surface area contributed by atoms with Crippen molar-refractivity contribution < 1.29 is 4.74 Å². The Labute approximate surface area is 75.8 Å². The molecule has 0 aromatic rings. The molecule has 0 aromatic carbocycles. The van der Waals surface area contributed by atoms with Crippen molar-refractivity contribution in [1.82, 2.24) is 0 Å². The Kier molecular flexibility index (Phi) is 2.94. The van der Waals surface area contributed by atoms with Gasteiger partial charge in [-0.1, -0.05) is 25.5 Å². The Morgan fingerprint density at radius 1 is 1.58 bits per heavy atom. The highest BCUT2D eigenvalue weighted by Crippen LogP contribution is 2.42. The summed E-state index contributed by atoms with van der Waals surface area (Å²) >= 11 is 0. The molecule has 1 aliphatic rings. The average Bonchev–Trinajstić information content (AvgIpc) is 2.20. The molecule has 0 fully saturated rings. The average molecular weight is 168 g/mol. The van der Waals surface area contributed by atoms with Gasteiger partial charge in [0.25, 0.3) is 0 Å². The van der Waals surface area contributed by atoms with Crippen LogP contribution in [-0.2, 0) is 4.74 Å². The fourth-order valence-corrected chi connectivity index (χ4v) is 2.20. The van der Waals surface area contributed by atoms with E-state index in [2.05, 4.69) is 26.8 Å². The fraction of sp³-hybridized carbons (Fsp3) is 0.818. The van der Waals surface area contributed by atoms with Crippen LogP contribution in [-0.4, -0.2) is 13.7 Å². The van der Waals surface area contributed by atoms with Gasteiger partial charge in [-0.05, 0) is 31.1 Å². The maximum absolute atomic E-state index is 5.11. The number of ether oxygens (including phenoxy) is 1. The van der Waals surface area contributed by atoms with Crippen molar-refractivity contribution in [3.05, 3.63) is 11.6 Å². The quantitative estimate of drug-likeness (QED) is 0.589. The molecule has 1 rings (SSSR count). The van der Waals surface area contributed by atoms with Gasteiger partial charge < -0.3 is 4.74 Å². The molecule has 1 aliphatic carbocycles. The highest BCUT2D eigenvalue weighted by molar-refractivity contribution is 5.15. The van der Waals surface area contributed by atoms with Crippen LogP contribution in [0.1, 0.15) is 33.6 Å². The molecule has 0 saturated carbocycles. The highest BCUT2D eigenvalue weighted by Gasteiger charge is 2.31. The van der Waals surface area contributed by atoms with Gasteiger partial charge in [0.05, 0.1) is 0 Å². The van der Waals surface area contributed by atoms with Crippen LogP contribution in [0.2, 0.25) is 0 Å². The van der Waals surface area contributed by atoms with Crippen LogP contribution in [0.25, 0.3) is 0 Å². The van der Waals surface area contributed by atoms with Crippen molar-refractivity contribution in [2.45, 2.75) is 33.6 Å². The van der Waals surface area contributed by atoms with Crippen LogP contribution >= 0.6 is 0 Å². The SMILES string of the molecule is COCC[C@H]1CC(C)=CC1(C)C. The van der Waals surface area contributed by atoms with Gasteiger partial charge in [0.2, 0.25) is 0 Å². The lowest BCUT2D eigenvalue weighted by molar-refractivity contribution is 0.154. The maximum atomic E-state index is 5.11. The zero-order valence-corrected chi connectivity index (χ0v) is 8.68. The first-order chi connectivity index (χ1) is 5.56. The van der Waals surface area contributed by atoms with Gasteiger partial charge in [0, 0.05) is 13.7 Å². The summed E-state index contributed by atoms with van der Waals surface area (Å²) in [4.78, 5) is 0. The van der Waals surface area contributed by atoms with Gasteiger partial charge >= 0.3 is 0 Å². The van der Waals surface area contributed by atoms with Crippen LogP contribution in [0.3, 0.4) is 0 Å². The molecular formula is C11H20O. The van der Waals surface area contributed by atoms with Crippen LogP contribution in [0.4, 0.5) is 0 Å². The second kappa shape index (κ2) is 3.61. The molecule has 1 nitrogen and oxygen atoms in total. The summed E-state index contributed by atoms with van der Waals surface area (Å²) in [6.45, 7) is 7.78. The van der Waals surface area contributed by atoms with Gasteiger partial charge in [-0.2, -0.15) is 0 Å². The molecule has 0 aromatic heterocycles. The van der Waals surface area contributed by atoms with Crippen LogP contribution in [0, 0.1) is 11.3 Å². The number of methoxy groups -OCH3 is 1. The van der Waals surface area contributed by atoms with Crippen molar-refractivity contribution in [3.8, 4) is 0 Å². The lowest BCUT2D eigenvalue weighted by atomic mass is 9.80. The first-order valence-electron chi connectivity index (χ1n) is 4.73. The zero-order valence-electron chi connectivity index (χ0n) is 8.68. The lowest BCUT2D eigenvalue weighted by Gasteiger charge is -2.25. The van der Waals surface area contributed by atoms with Gasteiger partial charge in [0.1, 0.15) is 0 Å². The molecule has 1 heteroatoms. The monoisotopic (exact) mass is 168 g/mol. The summed E-state index contributed by atoms with van der Waals surface area (Å²) in [6.07, 6.45) is 4.86. The maximum Gasteiger partial charge on any atom is 0.0465 e. The van der Waals surface area contributed by atoms with E-state index < -0.39 is 0 Å². The van der Waals surface area contributed by atoms with E-state index in [4.69, 9.17) is 4.74 Å². The smallest absolute Gasteiger partial charge is 0.0465 e. The zero-order chi connectivity index (χ0) is 9.19. The van der Waals surface area contributed by atoms with Gasteiger partial charge in [-0.3, -0.25) is 0 Å². The molecule has 0 aliphatic heterocycles. The summed E-state index contributed by atoms with van der Waals surface area (Å²) in [7, 11) is 1.78. The predicted molar refractivity (Wildman–Crippen MR) is 52.1 cm³/mol. The number of allylic oxidation sites excluding steroid dienone is 2. The van der Waals surface area contributed by atoms with E-state index in [0.29, 0.717) is 5.41 Å². The molecule has 70 valence electrons. The van der Waals surface area contributed by atoms with Crippen molar-refractivity contribution in [2.24, 2.45) is 11.3 Å². The third-order valence-corrected chi connectivity index (χ3v) is 2.91. The van der Waals surface area contributed by atoms with Crippen molar-refractivity contribution >= 4 is 0 Å². The minimum Gasteiger partial charge on any atom is -0.385 e. The molecule has 12 heavy (non-hydrogen) atoms. The van der Waals surface area contributed by atoms with Crippen molar-refractivity contribution in [2.75, 3.05) is 13.7 Å². The Balaban J connectivity index is 2.48. The summed E-state index contributed by atoms with van der Waals surface area (Å²) in [6, 6.07) is 0. The summed E-state index contributed by atoms with van der Waals surface area (Å²) in [5.74, 6) is 0.789. The fourth-order valence-electron chi connectivity index (χ4n) is 2.20. The third kappa shape index (κ3) is 2.10. The van der Waals surface area contributed by atoms with E-state index in [9.17, 15) is 0 Å². The number of hydrogen-bond acceptors (Lipinski definition) is 1. The van der Waals surface area contributed by atoms with Gasteiger partial charge in [-0.25, -0.2) is 0 Å². The first-order valence-corrected chi connectivity index (χ1v) is 4.73. The van der Waals surface area contributed by atoms with Gasteiger partial charge in [0.15, 0.2) is 0 Å². The molecule has 0 spiro atoms. The molecular weight excluding hydrogens is 148 g/mol. The summed E-state index contributed by atoms with van der Waals surface area (Å²) in [5, 5.41) is 0. The van der Waals surface area contributed by atoms with E-state index >= 15 is 0 Å². The predicted octanol–water partition coefficient (Wildman–Crippen LogP) is 3.02. The Morgan fingerprint density at radius 3 is 2.67 bits per heavy atom. The topological polar surface area (TPSA) is 9.23 Å². The molecule has 0 unspecified atom stereocenters. The largest absolute Gasteiger partial charge is 0.385 e. The van der Waals surface area contributed by atoms with E-state index in [0.717, 1.165) is 12.5 Å². The standard InChI is InChI=1S/C11H20O/c1-9-7-10(5-6-12-4)11(2,3)8-9/h8,10H,5-7H2,1-4H3/t10-/m0/s1. The second-order valence-electron chi connectivity index (χ2n) is 4.49. The second-order valence-corrected chi connectivity index (χ2v) is 4.49. The van der Waals surface area contributed by atoms with E-state index in [1.54, 1.807) is 12.7 Å². The molecule has 0 amide bonds. The minimum atomic E-state index is 0.391. The normalized spacial score (nSPS) is 27.3. The Bertz CT molecular complexity index is 179. The molecule has 0 N–H and O–H groups in total. The van der Waals surface area contributed by atoms with E-state index in [1.165, 1.54) is 12.8 Å². The molecule has 0 saturated heterocycles. The summed E-state index contributed by atoms with van der Waals surface area (Å²) in [5.41, 5.74) is 1.93. The summed E-state index contributed by atoms with van der Waals surface area (Å²) < 4.78 is 5.11. The molecule has 1 atom stereocenters. The third-order valence-electron chi connectivity index (χ3n) is 2.91.